The number of ether oxygens (including phenoxy) is 1. The van der Waals surface area contributed by atoms with E-state index >= 15 is 0 Å². The Hall–Kier alpha value is -3.23. The van der Waals surface area contributed by atoms with Gasteiger partial charge in [0.1, 0.15) is 11.6 Å². The minimum absolute atomic E-state index is 0.0952. The summed E-state index contributed by atoms with van der Waals surface area (Å²) >= 11 is 0. The molecule has 3 aromatic rings. The highest BCUT2D eigenvalue weighted by Crippen LogP contribution is 2.23. The summed E-state index contributed by atoms with van der Waals surface area (Å²) in [5.74, 6) is 0.558. The molecule has 0 aliphatic carbocycles. The van der Waals surface area contributed by atoms with E-state index in [1.54, 1.807) is 49.7 Å². The summed E-state index contributed by atoms with van der Waals surface area (Å²) in [7, 11) is 1.70. The lowest BCUT2D eigenvalue weighted by atomic mass is 10.1. The highest BCUT2D eigenvalue weighted by Gasteiger charge is 2.17. The maximum absolute atomic E-state index is 12.7. The van der Waals surface area contributed by atoms with E-state index in [1.165, 1.54) is 15.2 Å². The first-order valence-electron chi connectivity index (χ1n) is 9.22. The molecular formula is C20H22F2N4O3. The van der Waals surface area contributed by atoms with Crippen molar-refractivity contribution in [3.8, 4) is 5.75 Å². The predicted octanol–water partition coefficient (Wildman–Crippen LogP) is 3.02. The highest BCUT2D eigenvalue weighted by molar-refractivity contribution is 5.76. The molecule has 0 radical (unpaired) electrons. The predicted molar refractivity (Wildman–Crippen MR) is 107 cm³/mol. The van der Waals surface area contributed by atoms with Crippen LogP contribution in [0.4, 0.5) is 8.78 Å². The molecule has 0 fully saturated rings. The minimum Gasteiger partial charge on any atom is -0.435 e. The monoisotopic (exact) mass is 404 g/mol. The number of aryl methyl sites for hydroxylation is 3. The van der Waals surface area contributed by atoms with Gasteiger partial charge in [-0.1, -0.05) is 18.2 Å². The molecule has 0 bridgehead atoms. The van der Waals surface area contributed by atoms with Crippen molar-refractivity contribution in [2.45, 2.75) is 40.5 Å². The number of nitrogens with zero attached hydrogens (tertiary/aromatic N) is 4. The van der Waals surface area contributed by atoms with Crippen molar-refractivity contribution in [1.29, 1.82) is 0 Å². The van der Waals surface area contributed by atoms with Crippen LogP contribution < -0.4 is 16.0 Å². The maximum atomic E-state index is 12.7. The van der Waals surface area contributed by atoms with Gasteiger partial charge in [-0.3, -0.25) is 13.9 Å². The summed E-state index contributed by atoms with van der Waals surface area (Å²) in [6.45, 7) is 2.97. The highest BCUT2D eigenvalue weighted by atomic mass is 19.3. The van der Waals surface area contributed by atoms with E-state index in [0.717, 1.165) is 0 Å². The van der Waals surface area contributed by atoms with Gasteiger partial charge in [0.15, 0.2) is 11.2 Å². The Morgan fingerprint density at radius 3 is 2.45 bits per heavy atom. The van der Waals surface area contributed by atoms with Crippen molar-refractivity contribution in [1.82, 2.24) is 18.7 Å². The number of imidazole rings is 1. The second kappa shape index (κ2) is 8.02. The van der Waals surface area contributed by atoms with Crippen LogP contribution in [0.5, 0.6) is 5.75 Å². The number of fused-ring (bicyclic) bond motifs is 1. The van der Waals surface area contributed by atoms with Crippen molar-refractivity contribution in [2.24, 2.45) is 7.05 Å². The fourth-order valence-corrected chi connectivity index (χ4v) is 3.21. The zero-order valence-corrected chi connectivity index (χ0v) is 16.6. The first kappa shape index (κ1) is 20.5. The Balaban J connectivity index is 2.10. The van der Waals surface area contributed by atoms with Gasteiger partial charge >= 0.3 is 12.3 Å². The molecule has 0 saturated heterocycles. The Morgan fingerprint density at radius 1 is 1.14 bits per heavy atom. The van der Waals surface area contributed by atoms with Crippen LogP contribution in [0.15, 0.2) is 27.8 Å². The molecule has 2 heterocycles. The molecule has 2 aromatic heterocycles. The topological polar surface area (TPSA) is 71.1 Å². The standard InChI is InChI=1S/C20H22F2N4O3/c1-5-25-17-16(18(27)26(6-2)20(25)28)24(4)15(23-17)10-9-13-8-7-12(3)14(11-13)29-19(21)22/h7-11,19H,5-6H2,1-4H3/b10-9+. The van der Waals surface area contributed by atoms with Crippen LogP contribution in [0.1, 0.15) is 30.8 Å². The van der Waals surface area contributed by atoms with Crippen molar-refractivity contribution in [2.75, 3.05) is 0 Å². The van der Waals surface area contributed by atoms with Crippen molar-refractivity contribution >= 4 is 23.3 Å². The van der Waals surface area contributed by atoms with Crippen molar-refractivity contribution in [3.63, 3.8) is 0 Å². The molecule has 0 unspecified atom stereocenters. The number of hydrogen-bond donors (Lipinski definition) is 0. The molecule has 3 rings (SSSR count). The molecule has 0 atom stereocenters. The van der Waals surface area contributed by atoms with E-state index in [0.29, 0.717) is 34.7 Å². The zero-order chi connectivity index (χ0) is 21.3. The molecule has 154 valence electrons. The van der Waals surface area contributed by atoms with E-state index in [2.05, 4.69) is 9.72 Å². The van der Waals surface area contributed by atoms with Gasteiger partial charge in [-0.15, -0.1) is 0 Å². The number of benzene rings is 1. The summed E-state index contributed by atoms with van der Waals surface area (Å²) in [5, 5.41) is 0. The SMILES string of the molecule is CCn1c(=O)c2c(nc(/C=C/c3ccc(C)c(OC(F)F)c3)n2C)n(CC)c1=O. The molecular weight excluding hydrogens is 382 g/mol. The van der Waals surface area contributed by atoms with Gasteiger partial charge in [0.25, 0.3) is 5.56 Å². The zero-order valence-electron chi connectivity index (χ0n) is 16.6. The normalized spacial score (nSPS) is 11.8. The first-order chi connectivity index (χ1) is 13.8. The molecule has 0 N–H and O–H groups in total. The van der Waals surface area contributed by atoms with Gasteiger partial charge in [-0.05, 0) is 44.0 Å². The van der Waals surface area contributed by atoms with E-state index in [4.69, 9.17) is 0 Å². The van der Waals surface area contributed by atoms with Crippen molar-refractivity contribution in [3.05, 3.63) is 56.0 Å². The van der Waals surface area contributed by atoms with Crippen LogP contribution in [-0.4, -0.2) is 25.3 Å². The van der Waals surface area contributed by atoms with Crippen LogP contribution in [0.2, 0.25) is 0 Å². The molecule has 0 aliphatic rings. The van der Waals surface area contributed by atoms with Crippen LogP contribution in [0, 0.1) is 6.92 Å². The van der Waals surface area contributed by atoms with E-state index in [-0.39, 0.29) is 12.3 Å². The second-order valence-corrected chi connectivity index (χ2v) is 6.51. The summed E-state index contributed by atoms with van der Waals surface area (Å²) in [6, 6.07) is 4.95. The van der Waals surface area contributed by atoms with Gasteiger partial charge in [-0.2, -0.15) is 8.78 Å². The summed E-state index contributed by atoms with van der Waals surface area (Å²) in [5.41, 5.74) is 1.09. The summed E-state index contributed by atoms with van der Waals surface area (Å²) in [6.07, 6.45) is 3.35. The van der Waals surface area contributed by atoms with Crippen LogP contribution in [0.25, 0.3) is 23.3 Å². The van der Waals surface area contributed by atoms with Crippen LogP contribution >= 0.6 is 0 Å². The second-order valence-electron chi connectivity index (χ2n) is 6.51. The third kappa shape index (κ3) is 3.72. The smallest absolute Gasteiger partial charge is 0.387 e. The molecule has 0 aliphatic heterocycles. The van der Waals surface area contributed by atoms with Gasteiger partial charge in [-0.25, -0.2) is 9.78 Å². The molecule has 1 aromatic carbocycles. The first-order valence-corrected chi connectivity index (χ1v) is 9.22. The average molecular weight is 404 g/mol. The lowest BCUT2D eigenvalue weighted by molar-refractivity contribution is -0.0502. The fourth-order valence-electron chi connectivity index (χ4n) is 3.21. The number of aromatic nitrogens is 4. The largest absolute Gasteiger partial charge is 0.435 e. The summed E-state index contributed by atoms with van der Waals surface area (Å²) in [4.78, 5) is 29.7. The molecule has 7 nitrogen and oxygen atoms in total. The van der Waals surface area contributed by atoms with Gasteiger partial charge in [0, 0.05) is 20.1 Å². The third-order valence-corrected chi connectivity index (χ3v) is 4.76. The van der Waals surface area contributed by atoms with Crippen LogP contribution in [0.3, 0.4) is 0 Å². The Kier molecular flexibility index (Phi) is 5.67. The number of rotatable bonds is 6. The Bertz CT molecular complexity index is 1210. The molecule has 0 amide bonds. The quantitative estimate of drug-likeness (QED) is 0.633. The van der Waals surface area contributed by atoms with Gasteiger partial charge < -0.3 is 9.30 Å². The molecule has 0 saturated carbocycles. The number of alkyl halides is 2. The summed E-state index contributed by atoms with van der Waals surface area (Å²) < 4.78 is 33.9. The molecule has 9 heteroatoms. The molecule has 29 heavy (non-hydrogen) atoms. The lowest BCUT2D eigenvalue weighted by Gasteiger charge is -2.08. The Labute approximate surface area is 165 Å². The van der Waals surface area contributed by atoms with Gasteiger partial charge in [0.2, 0.25) is 0 Å². The molecule has 0 spiro atoms. The lowest BCUT2D eigenvalue weighted by Crippen LogP contribution is -2.39. The van der Waals surface area contributed by atoms with E-state index in [9.17, 15) is 18.4 Å². The van der Waals surface area contributed by atoms with Crippen LogP contribution in [-0.2, 0) is 20.1 Å². The van der Waals surface area contributed by atoms with Gasteiger partial charge in [0.05, 0.1) is 0 Å². The number of halogens is 2. The third-order valence-electron chi connectivity index (χ3n) is 4.76. The minimum atomic E-state index is -2.90. The maximum Gasteiger partial charge on any atom is 0.387 e. The van der Waals surface area contributed by atoms with E-state index < -0.39 is 17.9 Å². The van der Waals surface area contributed by atoms with E-state index in [1.807, 2.05) is 6.92 Å². The average Bonchev–Trinajstić information content (AvgIpc) is 2.99. The van der Waals surface area contributed by atoms with Crippen molar-refractivity contribution < 1.29 is 13.5 Å². The fraction of sp³-hybridized carbons (Fsp3) is 0.350. The number of hydrogen-bond acceptors (Lipinski definition) is 4. The Morgan fingerprint density at radius 2 is 1.83 bits per heavy atom.